The summed E-state index contributed by atoms with van der Waals surface area (Å²) in [5.41, 5.74) is 6.83. The van der Waals surface area contributed by atoms with Crippen LogP contribution < -0.4 is 10.5 Å². The average molecular weight is 324 g/mol. The molecule has 0 spiro atoms. The lowest BCUT2D eigenvalue weighted by molar-refractivity contribution is 0.598. The molecular formula is C14H13FN2O2S2. The Morgan fingerprint density at radius 2 is 1.81 bits per heavy atom. The lowest BCUT2D eigenvalue weighted by Crippen LogP contribution is -2.15. The van der Waals surface area contributed by atoms with Gasteiger partial charge in [-0.3, -0.25) is 4.72 Å². The topological polar surface area (TPSA) is 72.2 Å². The monoisotopic (exact) mass is 324 g/mol. The Morgan fingerprint density at radius 1 is 1.19 bits per heavy atom. The van der Waals surface area contributed by atoms with E-state index in [0.29, 0.717) is 16.8 Å². The molecule has 0 saturated heterocycles. The first kappa shape index (κ1) is 15.4. The van der Waals surface area contributed by atoms with Gasteiger partial charge in [0, 0.05) is 11.3 Å². The average Bonchev–Trinajstić information content (AvgIpc) is 2.38. The highest BCUT2D eigenvalue weighted by Gasteiger charge is 2.17. The minimum absolute atomic E-state index is 0.0299. The molecule has 4 nitrogen and oxygen atoms in total. The third-order valence-electron chi connectivity index (χ3n) is 2.85. The van der Waals surface area contributed by atoms with Gasteiger partial charge in [-0.1, -0.05) is 12.2 Å². The lowest BCUT2D eigenvalue weighted by Gasteiger charge is -2.10. The summed E-state index contributed by atoms with van der Waals surface area (Å²) in [6.45, 7) is 1.54. The van der Waals surface area contributed by atoms with Gasteiger partial charge in [-0.2, -0.15) is 0 Å². The van der Waals surface area contributed by atoms with E-state index < -0.39 is 15.8 Å². The number of thiocarbonyl (C=S) groups is 1. The highest BCUT2D eigenvalue weighted by molar-refractivity contribution is 7.92. The van der Waals surface area contributed by atoms with Crippen LogP contribution in [0.4, 0.5) is 10.1 Å². The predicted octanol–water partition coefficient (Wildman–Crippen LogP) is 2.57. The molecule has 0 saturated carbocycles. The van der Waals surface area contributed by atoms with Gasteiger partial charge in [0.15, 0.2) is 0 Å². The van der Waals surface area contributed by atoms with Crippen molar-refractivity contribution < 1.29 is 12.8 Å². The number of anilines is 1. The molecule has 0 aromatic heterocycles. The van der Waals surface area contributed by atoms with E-state index in [9.17, 15) is 12.8 Å². The first-order valence-electron chi connectivity index (χ1n) is 5.98. The zero-order valence-electron chi connectivity index (χ0n) is 11.1. The highest BCUT2D eigenvalue weighted by atomic mass is 32.2. The second-order valence-corrected chi connectivity index (χ2v) is 6.55. The van der Waals surface area contributed by atoms with Crippen molar-refractivity contribution in [2.24, 2.45) is 5.73 Å². The fraction of sp³-hybridized carbons (Fsp3) is 0.0714. The van der Waals surface area contributed by atoms with Crippen LogP contribution >= 0.6 is 12.2 Å². The molecule has 110 valence electrons. The van der Waals surface area contributed by atoms with Crippen LogP contribution in [0.2, 0.25) is 0 Å². The standard InChI is InChI=1S/C14H13FN2O2S2/c1-9-8-11(15)4-7-13(9)21(18,19)17-12-5-2-10(3-6-12)14(16)20/h2-8,17H,1H3,(H2,16,20). The van der Waals surface area contributed by atoms with Gasteiger partial charge in [0.05, 0.1) is 4.90 Å². The van der Waals surface area contributed by atoms with E-state index in [1.807, 2.05) is 0 Å². The summed E-state index contributed by atoms with van der Waals surface area (Å²) in [5, 5.41) is 0. The zero-order valence-corrected chi connectivity index (χ0v) is 12.8. The fourth-order valence-corrected chi connectivity index (χ4v) is 3.25. The van der Waals surface area contributed by atoms with E-state index >= 15 is 0 Å². The number of rotatable bonds is 4. The van der Waals surface area contributed by atoms with E-state index in [0.717, 1.165) is 6.07 Å². The molecule has 0 fully saturated rings. The maximum atomic E-state index is 13.0. The number of hydrogen-bond donors (Lipinski definition) is 2. The van der Waals surface area contributed by atoms with Crippen LogP contribution in [0.3, 0.4) is 0 Å². The molecule has 2 aromatic carbocycles. The molecule has 21 heavy (non-hydrogen) atoms. The van der Waals surface area contributed by atoms with Gasteiger partial charge in [-0.05, 0) is 55.0 Å². The van der Waals surface area contributed by atoms with Gasteiger partial charge in [0.1, 0.15) is 10.8 Å². The van der Waals surface area contributed by atoms with E-state index in [2.05, 4.69) is 4.72 Å². The van der Waals surface area contributed by atoms with Crippen LogP contribution in [-0.4, -0.2) is 13.4 Å². The van der Waals surface area contributed by atoms with Crippen molar-refractivity contribution in [2.75, 3.05) is 4.72 Å². The number of halogens is 1. The largest absolute Gasteiger partial charge is 0.389 e. The number of nitrogens with two attached hydrogens (primary N) is 1. The second-order valence-electron chi connectivity index (χ2n) is 4.46. The summed E-state index contributed by atoms with van der Waals surface area (Å²) in [6.07, 6.45) is 0. The Morgan fingerprint density at radius 3 is 2.33 bits per heavy atom. The van der Waals surface area contributed by atoms with Crippen LogP contribution in [0.15, 0.2) is 47.4 Å². The Balaban J connectivity index is 2.30. The van der Waals surface area contributed by atoms with Crippen LogP contribution in [0.1, 0.15) is 11.1 Å². The van der Waals surface area contributed by atoms with E-state index in [1.54, 1.807) is 24.3 Å². The summed E-state index contributed by atoms with van der Waals surface area (Å²) in [5.74, 6) is -0.479. The molecule has 0 amide bonds. The molecule has 7 heteroatoms. The molecule has 2 rings (SSSR count). The van der Waals surface area contributed by atoms with E-state index in [4.69, 9.17) is 18.0 Å². The van der Waals surface area contributed by atoms with Gasteiger partial charge in [0.2, 0.25) is 0 Å². The Bertz CT molecular complexity index is 787. The Labute approximate surface area is 127 Å². The van der Waals surface area contributed by atoms with Crippen molar-refractivity contribution >= 4 is 32.9 Å². The maximum absolute atomic E-state index is 13.0. The molecule has 3 N–H and O–H groups in total. The highest BCUT2D eigenvalue weighted by Crippen LogP contribution is 2.20. The van der Waals surface area contributed by atoms with Crippen molar-refractivity contribution in [3.8, 4) is 0 Å². The molecule has 0 aliphatic carbocycles. The van der Waals surface area contributed by atoms with Crippen LogP contribution in [-0.2, 0) is 10.0 Å². The Kier molecular flexibility index (Phi) is 4.24. The molecule has 0 bridgehead atoms. The summed E-state index contributed by atoms with van der Waals surface area (Å²) < 4.78 is 40.0. The van der Waals surface area contributed by atoms with Crippen molar-refractivity contribution in [1.29, 1.82) is 0 Å². The molecule has 0 atom stereocenters. The van der Waals surface area contributed by atoms with E-state index in [1.165, 1.54) is 19.1 Å². The van der Waals surface area contributed by atoms with Crippen LogP contribution in [0.5, 0.6) is 0 Å². The quantitative estimate of drug-likeness (QED) is 0.848. The molecule has 0 aliphatic rings. The first-order chi connectivity index (χ1) is 9.79. The molecule has 2 aromatic rings. The van der Waals surface area contributed by atoms with Gasteiger partial charge >= 0.3 is 0 Å². The van der Waals surface area contributed by atoms with Crippen molar-refractivity contribution in [1.82, 2.24) is 0 Å². The molecule has 0 radical (unpaired) electrons. The molecule has 0 unspecified atom stereocenters. The normalized spacial score (nSPS) is 11.1. The summed E-state index contributed by atoms with van der Waals surface area (Å²) >= 11 is 4.82. The predicted molar refractivity (Wildman–Crippen MR) is 84.3 cm³/mol. The number of benzene rings is 2. The minimum atomic E-state index is -3.77. The summed E-state index contributed by atoms with van der Waals surface area (Å²) in [6, 6.07) is 9.88. The van der Waals surface area contributed by atoms with Gasteiger partial charge in [0.25, 0.3) is 10.0 Å². The molecule has 0 heterocycles. The lowest BCUT2D eigenvalue weighted by atomic mass is 10.2. The maximum Gasteiger partial charge on any atom is 0.262 e. The molecular weight excluding hydrogens is 311 g/mol. The minimum Gasteiger partial charge on any atom is -0.389 e. The Hall–Kier alpha value is -1.99. The number of aryl methyl sites for hydroxylation is 1. The van der Waals surface area contributed by atoms with Crippen molar-refractivity contribution in [3.63, 3.8) is 0 Å². The number of sulfonamides is 1. The SMILES string of the molecule is Cc1cc(F)ccc1S(=O)(=O)Nc1ccc(C(N)=S)cc1. The summed E-state index contributed by atoms with van der Waals surface area (Å²) in [7, 11) is -3.77. The van der Waals surface area contributed by atoms with Gasteiger partial charge < -0.3 is 5.73 Å². The van der Waals surface area contributed by atoms with Gasteiger partial charge in [-0.15, -0.1) is 0 Å². The third kappa shape index (κ3) is 3.56. The molecule has 0 aliphatic heterocycles. The van der Waals surface area contributed by atoms with Crippen molar-refractivity contribution in [2.45, 2.75) is 11.8 Å². The summed E-state index contributed by atoms with van der Waals surface area (Å²) in [4.78, 5) is 0.265. The van der Waals surface area contributed by atoms with Gasteiger partial charge in [-0.25, -0.2) is 12.8 Å². The zero-order chi connectivity index (χ0) is 15.6. The van der Waals surface area contributed by atoms with E-state index in [-0.39, 0.29) is 9.88 Å². The first-order valence-corrected chi connectivity index (χ1v) is 7.87. The number of nitrogens with one attached hydrogen (secondary N) is 1. The smallest absolute Gasteiger partial charge is 0.262 e. The van der Waals surface area contributed by atoms with Crippen LogP contribution in [0.25, 0.3) is 0 Å². The fourth-order valence-electron chi connectivity index (χ4n) is 1.83. The third-order valence-corrected chi connectivity index (χ3v) is 4.63. The van der Waals surface area contributed by atoms with Crippen LogP contribution in [0, 0.1) is 12.7 Å². The second kappa shape index (κ2) is 5.79. The van der Waals surface area contributed by atoms with Crippen molar-refractivity contribution in [3.05, 3.63) is 59.4 Å². The number of hydrogen-bond acceptors (Lipinski definition) is 3.